The van der Waals surface area contributed by atoms with E-state index in [0.717, 1.165) is 5.56 Å². The maximum Gasteiger partial charge on any atom is 0.387 e. The quantitative estimate of drug-likeness (QED) is 0.436. The molecule has 2 aromatic carbocycles. The standard InChI is InChI=1S/C19H20F4N2O3S/c1-25(10-12-3-8-15(28-18(20)21)16(9-12)27-2)11-17(26)24-13-4-6-14(7-5-13)29-19(22)23/h3-9,18-19H,10-11H2,1-2H3,(H,24,26). The number of halogens is 4. The summed E-state index contributed by atoms with van der Waals surface area (Å²) < 4.78 is 58.8. The number of thioether (sulfide) groups is 1. The Balaban J connectivity index is 1.89. The number of carbonyl (C=O) groups is 1. The topological polar surface area (TPSA) is 50.8 Å². The molecule has 0 aliphatic carbocycles. The van der Waals surface area contributed by atoms with Crippen LogP contribution < -0.4 is 14.8 Å². The molecule has 0 spiro atoms. The van der Waals surface area contributed by atoms with Gasteiger partial charge in [-0.25, -0.2) is 0 Å². The molecule has 0 radical (unpaired) electrons. The molecular weight excluding hydrogens is 412 g/mol. The molecule has 0 aliphatic heterocycles. The normalized spacial score (nSPS) is 11.2. The third kappa shape index (κ3) is 7.82. The number of rotatable bonds is 10. The summed E-state index contributed by atoms with van der Waals surface area (Å²) in [6.45, 7) is -2.53. The Bertz CT molecular complexity index is 807. The highest BCUT2D eigenvalue weighted by molar-refractivity contribution is 7.99. The van der Waals surface area contributed by atoms with Gasteiger partial charge in [-0.3, -0.25) is 9.69 Å². The highest BCUT2D eigenvalue weighted by atomic mass is 32.2. The highest BCUT2D eigenvalue weighted by Crippen LogP contribution is 2.30. The summed E-state index contributed by atoms with van der Waals surface area (Å²) >= 11 is 0.430. The van der Waals surface area contributed by atoms with E-state index in [2.05, 4.69) is 10.1 Å². The molecule has 0 heterocycles. The van der Waals surface area contributed by atoms with E-state index in [4.69, 9.17) is 4.74 Å². The molecule has 0 unspecified atom stereocenters. The predicted molar refractivity (Wildman–Crippen MR) is 103 cm³/mol. The van der Waals surface area contributed by atoms with Crippen LogP contribution in [0.5, 0.6) is 11.5 Å². The summed E-state index contributed by atoms with van der Waals surface area (Å²) in [5, 5.41) is 2.69. The second-order valence-electron chi connectivity index (χ2n) is 5.99. The van der Waals surface area contributed by atoms with Crippen molar-refractivity contribution in [1.29, 1.82) is 0 Å². The number of likely N-dealkylation sites (N-methyl/N-ethyl adjacent to an activating group) is 1. The molecule has 0 atom stereocenters. The second-order valence-corrected chi connectivity index (χ2v) is 7.05. The summed E-state index contributed by atoms with van der Waals surface area (Å²) in [6.07, 6.45) is 0. The summed E-state index contributed by atoms with van der Waals surface area (Å²) in [4.78, 5) is 14.3. The first-order valence-corrected chi connectivity index (χ1v) is 9.29. The first kappa shape index (κ1) is 22.8. The molecule has 29 heavy (non-hydrogen) atoms. The number of ether oxygens (including phenoxy) is 2. The highest BCUT2D eigenvalue weighted by Gasteiger charge is 2.13. The van der Waals surface area contributed by atoms with Crippen LogP contribution in [0.3, 0.4) is 0 Å². The zero-order valence-electron chi connectivity index (χ0n) is 15.7. The first-order chi connectivity index (χ1) is 13.8. The summed E-state index contributed by atoms with van der Waals surface area (Å²) in [5.41, 5.74) is 1.24. The van der Waals surface area contributed by atoms with Crippen LogP contribution in [0.15, 0.2) is 47.4 Å². The smallest absolute Gasteiger partial charge is 0.387 e. The predicted octanol–water partition coefficient (Wildman–Crippen LogP) is 4.68. The number of carbonyl (C=O) groups excluding carboxylic acids is 1. The number of amides is 1. The van der Waals surface area contributed by atoms with Gasteiger partial charge in [0.15, 0.2) is 11.5 Å². The van der Waals surface area contributed by atoms with Crippen molar-refractivity contribution in [3.05, 3.63) is 48.0 Å². The molecule has 0 fully saturated rings. The van der Waals surface area contributed by atoms with Gasteiger partial charge in [-0.1, -0.05) is 17.8 Å². The minimum atomic E-state index is -2.95. The van der Waals surface area contributed by atoms with Gasteiger partial charge in [0.2, 0.25) is 5.91 Å². The van der Waals surface area contributed by atoms with Crippen LogP contribution in [-0.4, -0.2) is 43.9 Å². The first-order valence-electron chi connectivity index (χ1n) is 8.42. The maximum absolute atomic E-state index is 12.4. The molecule has 1 amide bonds. The molecule has 0 aromatic heterocycles. The Morgan fingerprint density at radius 3 is 2.38 bits per heavy atom. The lowest BCUT2D eigenvalue weighted by Crippen LogP contribution is -2.29. The Labute approximate surface area is 170 Å². The molecule has 158 valence electrons. The van der Waals surface area contributed by atoms with E-state index in [1.165, 1.54) is 25.3 Å². The molecule has 10 heteroatoms. The molecule has 0 saturated heterocycles. The summed E-state index contributed by atoms with van der Waals surface area (Å²) in [6, 6.07) is 10.7. The number of nitrogens with zero attached hydrogens (tertiary/aromatic N) is 1. The van der Waals surface area contributed by atoms with Crippen molar-refractivity contribution in [2.45, 2.75) is 23.8 Å². The van der Waals surface area contributed by atoms with E-state index in [1.807, 2.05) is 0 Å². The van der Waals surface area contributed by atoms with Gasteiger partial charge in [0.05, 0.1) is 13.7 Å². The number of hydrogen-bond acceptors (Lipinski definition) is 5. The fraction of sp³-hybridized carbons (Fsp3) is 0.316. The van der Waals surface area contributed by atoms with Crippen LogP contribution in [0.1, 0.15) is 5.56 Å². The van der Waals surface area contributed by atoms with Crippen LogP contribution in [0.2, 0.25) is 0 Å². The van der Waals surface area contributed by atoms with Gasteiger partial charge in [-0.15, -0.1) is 0 Å². The SMILES string of the molecule is COc1cc(CN(C)CC(=O)Nc2ccc(SC(F)F)cc2)ccc1OC(F)F. The van der Waals surface area contributed by atoms with E-state index in [0.29, 0.717) is 28.9 Å². The van der Waals surface area contributed by atoms with Crippen molar-refractivity contribution in [1.82, 2.24) is 4.90 Å². The Kier molecular flexibility index (Phi) is 8.59. The zero-order valence-corrected chi connectivity index (χ0v) is 16.5. The average Bonchev–Trinajstić information content (AvgIpc) is 2.63. The number of alkyl halides is 4. The summed E-state index contributed by atoms with van der Waals surface area (Å²) in [5.74, 6) is -2.69. The van der Waals surface area contributed by atoms with Crippen molar-refractivity contribution >= 4 is 23.4 Å². The van der Waals surface area contributed by atoms with Gasteiger partial charge in [0.25, 0.3) is 5.76 Å². The van der Waals surface area contributed by atoms with E-state index >= 15 is 0 Å². The van der Waals surface area contributed by atoms with Crippen LogP contribution in [-0.2, 0) is 11.3 Å². The van der Waals surface area contributed by atoms with Gasteiger partial charge < -0.3 is 14.8 Å². The molecule has 5 nitrogen and oxygen atoms in total. The number of anilines is 1. The molecule has 0 bridgehead atoms. The Hall–Kier alpha value is -2.46. The summed E-state index contributed by atoms with van der Waals surface area (Å²) in [7, 11) is 3.07. The maximum atomic E-state index is 12.4. The van der Waals surface area contributed by atoms with E-state index in [1.54, 1.807) is 36.2 Å². The second kappa shape index (κ2) is 10.9. The van der Waals surface area contributed by atoms with Crippen molar-refractivity contribution in [2.75, 3.05) is 26.0 Å². The fourth-order valence-electron chi connectivity index (χ4n) is 2.54. The van der Waals surface area contributed by atoms with Crippen LogP contribution in [0.4, 0.5) is 23.2 Å². The third-order valence-electron chi connectivity index (χ3n) is 3.67. The molecule has 1 N–H and O–H groups in total. The number of nitrogens with one attached hydrogen (secondary N) is 1. The van der Waals surface area contributed by atoms with Gasteiger partial charge in [-0.05, 0) is 49.0 Å². The third-order valence-corrected chi connectivity index (χ3v) is 4.40. The Morgan fingerprint density at radius 1 is 1.10 bits per heavy atom. The van der Waals surface area contributed by atoms with Crippen molar-refractivity contribution in [2.24, 2.45) is 0 Å². The van der Waals surface area contributed by atoms with Gasteiger partial charge >= 0.3 is 6.61 Å². The van der Waals surface area contributed by atoms with Crippen LogP contribution in [0.25, 0.3) is 0 Å². The monoisotopic (exact) mass is 432 g/mol. The lowest BCUT2D eigenvalue weighted by molar-refractivity contribution is -0.117. The lowest BCUT2D eigenvalue weighted by Gasteiger charge is -2.18. The largest absolute Gasteiger partial charge is 0.493 e. The molecule has 0 aliphatic rings. The fourth-order valence-corrected chi connectivity index (χ4v) is 3.04. The zero-order chi connectivity index (χ0) is 21.4. The van der Waals surface area contributed by atoms with Crippen LogP contribution >= 0.6 is 11.8 Å². The number of hydrogen-bond donors (Lipinski definition) is 1. The van der Waals surface area contributed by atoms with Crippen LogP contribution in [0, 0.1) is 0 Å². The van der Waals surface area contributed by atoms with E-state index in [-0.39, 0.29) is 24.0 Å². The lowest BCUT2D eigenvalue weighted by atomic mass is 10.2. The van der Waals surface area contributed by atoms with Gasteiger partial charge in [-0.2, -0.15) is 17.6 Å². The molecule has 2 rings (SSSR count). The van der Waals surface area contributed by atoms with Crippen molar-refractivity contribution < 1.29 is 31.8 Å². The van der Waals surface area contributed by atoms with E-state index in [9.17, 15) is 22.4 Å². The number of benzene rings is 2. The Morgan fingerprint density at radius 2 is 1.79 bits per heavy atom. The molecule has 0 saturated carbocycles. The van der Waals surface area contributed by atoms with E-state index < -0.39 is 12.4 Å². The minimum absolute atomic E-state index is 0.0607. The van der Waals surface area contributed by atoms with Gasteiger partial charge in [0.1, 0.15) is 0 Å². The minimum Gasteiger partial charge on any atom is -0.493 e. The molecule has 2 aromatic rings. The van der Waals surface area contributed by atoms with Crippen molar-refractivity contribution in [3.63, 3.8) is 0 Å². The molecular formula is C19H20F4N2O3S. The van der Waals surface area contributed by atoms with Gasteiger partial charge in [0, 0.05) is 17.1 Å². The van der Waals surface area contributed by atoms with Crippen molar-refractivity contribution in [3.8, 4) is 11.5 Å². The number of methoxy groups -OCH3 is 1. The average molecular weight is 432 g/mol.